The summed E-state index contributed by atoms with van der Waals surface area (Å²) < 4.78 is 33.7. The number of aromatic nitrogens is 3. The normalized spacial score (nSPS) is 17.5. The Morgan fingerprint density at radius 2 is 1.97 bits per heavy atom. The van der Waals surface area contributed by atoms with Crippen LogP contribution >= 0.6 is 0 Å². The van der Waals surface area contributed by atoms with Crippen molar-refractivity contribution < 1.29 is 23.2 Å². The van der Waals surface area contributed by atoms with E-state index in [2.05, 4.69) is 10.5 Å². The van der Waals surface area contributed by atoms with Gasteiger partial charge < -0.3 is 24.1 Å². The Morgan fingerprint density at radius 1 is 1.08 bits per heavy atom. The van der Waals surface area contributed by atoms with Crippen LogP contribution in [0.15, 0.2) is 65.2 Å². The summed E-state index contributed by atoms with van der Waals surface area (Å²) in [7, 11) is 0. The smallest absolute Gasteiger partial charge is 0.168 e. The molecule has 5 aromatic rings. The van der Waals surface area contributed by atoms with Crippen LogP contribution in [0, 0.1) is 12.7 Å². The quantitative estimate of drug-likeness (QED) is 0.286. The molecule has 2 unspecified atom stereocenters. The molecule has 0 bridgehead atoms. The second kappa shape index (κ2) is 8.97. The summed E-state index contributed by atoms with van der Waals surface area (Å²) in [5, 5.41) is 7.73. The molecular weight excluding hydrogens is 499 g/mol. The van der Waals surface area contributed by atoms with Crippen LogP contribution in [0.1, 0.15) is 42.2 Å². The minimum atomic E-state index is -0.357. The van der Waals surface area contributed by atoms with Gasteiger partial charge in [-0.25, -0.2) is 9.37 Å². The maximum absolute atomic E-state index is 14.4. The molecule has 1 N–H and O–H groups in total. The highest BCUT2D eigenvalue weighted by Crippen LogP contribution is 2.43. The van der Waals surface area contributed by atoms with Crippen molar-refractivity contribution in [2.45, 2.75) is 32.2 Å². The average molecular weight is 525 g/mol. The molecule has 7 rings (SSSR count). The molecule has 0 saturated heterocycles. The molecule has 0 spiro atoms. The molecule has 2 aliphatic rings. The van der Waals surface area contributed by atoms with Crippen LogP contribution in [0.25, 0.3) is 28.2 Å². The monoisotopic (exact) mass is 524 g/mol. The molecule has 3 aromatic carbocycles. The molecule has 0 radical (unpaired) electrons. The number of fused-ring (bicyclic) bond motifs is 3. The van der Waals surface area contributed by atoms with Gasteiger partial charge in [-0.1, -0.05) is 23.4 Å². The van der Waals surface area contributed by atoms with Crippen molar-refractivity contribution in [1.29, 1.82) is 0 Å². The first kappa shape index (κ1) is 23.5. The first-order valence-electron chi connectivity index (χ1n) is 12.8. The fourth-order valence-electron chi connectivity index (χ4n) is 5.55. The minimum absolute atomic E-state index is 0.0992. The van der Waals surface area contributed by atoms with E-state index in [9.17, 15) is 9.18 Å². The number of carbonyl (C=O) groups excluding carboxylic acids is 1. The van der Waals surface area contributed by atoms with Crippen molar-refractivity contribution in [2.24, 2.45) is 0 Å². The molecule has 0 fully saturated rings. The van der Waals surface area contributed by atoms with Crippen molar-refractivity contribution in [3.63, 3.8) is 0 Å². The molecule has 4 heterocycles. The summed E-state index contributed by atoms with van der Waals surface area (Å²) in [6.45, 7) is 4.36. The number of rotatable bonds is 6. The van der Waals surface area contributed by atoms with Crippen LogP contribution in [-0.4, -0.2) is 33.7 Å². The van der Waals surface area contributed by atoms with Crippen molar-refractivity contribution >= 4 is 22.5 Å². The number of imidazole rings is 1. The fraction of sp³-hybridized carbons (Fsp3) is 0.233. The number of ether oxygens (including phenoxy) is 2. The van der Waals surface area contributed by atoms with Gasteiger partial charge in [0.05, 0.1) is 29.4 Å². The zero-order chi connectivity index (χ0) is 26.7. The molecule has 9 heteroatoms. The van der Waals surface area contributed by atoms with Gasteiger partial charge in [-0.15, -0.1) is 0 Å². The van der Waals surface area contributed by atoms with E-state index in [-0.39, 0.29) is 23.6 Å². The Morgan fingerprint density at radius 3 is 2.79 bits per heavy atom. The minimum Gasteiger partial charge on any atom is -0.493 e. The number of hydrogen-bond donors (Lipinski definition) is 1. The summed E-state index contributed by atoms with van der Waals surface area (Å²) in [5.41, 5.74) is 5.48. The lowest BCUT2D eigenvalue weighted by atomic mass is 9.96. The molecule has 2 aliphatic heterocycles. The van der Waals surface area contributed by atoms with Gasteiger partial charge >= 0.3 is 0 Å². The Hall–Kier alpha value is -4.66. The Balaban J connectivity index is 1.26. The molecule has 8 nitrogen and oxygen atoms in total. The Kier molecular flexibility index (Phi) is 5.40. The molecule has 2 aromatic heterocycles. The van der Waals surface area contributed by atoms with E-state index < -0.39 is 0 Å². The predicted molar refractivity (Wildman–Crippen MR) is 143 cm³/mol. The molecule has 2 atom stereocenters. The van der Waals surface area contributed by atoms with E-state index >= 15 is 0 Å². The fourth-order valence-corrected chi connectivity index (χ4v) is 5.55. The molecular formula is C30H25FN4O4. The maximum Gasteiger partial charge on any atom is 0.168 e. The van der Waals surface area contributed by atoms with Gasteiger partial charge in [0, 0.05) is 47.4 Å². The Bertz CT molecular complexity index is 1760. The van der Waals surface area contributed by atoms with E-state index in [0.717, 1.165) is 28.3 Å². The zero-order valence-electron chi connectivity index (χ0n) is 21.4. The molecule has 0 aliphatic carbocycles. The predicted octanol–water partition coefficient (Wildman–Crippen LogP) is 6.13. The van der Waals surface area contributed by atoms with Gasteiger partial charge in [0.1, 0.15) is 41.2 Å². The number of hydrogen-bond acceptors (Lipinski definition) is 7. The standard InChI is InChI=1S/C30H25FN4O4/c1-16(36)10-18-14-37-28-13-20(7-8-21(18)28)32-25-15-38-29-22(25)4-3-5-26(29)35-27-12-19(31)6-9-23(27)33-30(35)24-11-17(2)39-34-24/h3-9,11-13,18,25,32H,10,14-15H2,1-2H3. The van der Waals surface area contributed by atoms with Crippen LogP contribution in [0.4, 0.5) is 10.1 Å². The van der Waals surface area contributed by atoms with Gasteiger partial charge in [-0.3, -0.25) is 4.57 Å². The molecule has 0 amide bonds. The highest BCUT2D eigenvalue weighted by atomic mass is 19.1. The summed E-state index contributed by atoms with van der Waals surface area (Å²) >= 11 is 0. The number of para-hydroxylation sites is 1. The van der Waals surface area contributed by atoms with Gasteiger partial charge in [0.15, 0.2) is 5.82 Å². The van der Waals surface area contributed by atoms with Gasteiger partial charge in [0.25, 0.3) is 0 Å². The molecule has 0 saturated carbocycles. The first-order valence-corrected chi connectivity index (χ1v) is 12.8. The number of carbonyl (C=O) groups is 1. The third kappa shape index (κ3) is 4.01. The van der Waals surface area contributed by atoms with Gasteiger partial charge in [-0.05, 0) is 38.1 Å². The highest BCUT2D eigenvalue weighted by Gasteiger charge is 2.30. The van der Waals surface area contributed by atoms with E-state index in [1.807, 2.05) is 47.9 Å². The summed E-state index contributed by atoms with van der Waals surface area (Å²) in [5.74, 6) is 2.59. The van der Waals surface area contributed by atoms with Gasteiger partial charge in [-0.2, -0.15) is 0 Å². The number of nitrogens with one attached hydrogen (secondary N) is 1. The van der Waals surface area contributed by atoms with Crippen LogP contribution in [0.5, 0.6) is 11.5 Å². The van der Waals surface area contributed by atoms with Crippen molar-refractivity contribution in [2.75, 3.05) is 18.5 Å². The number of aryl methyl sites for hydroxylation is 1. The molecule has 196 valence electrons. The highest BCUT2D eigenvalue weighted by molar-refractivity contribution is 5.84. The first-order chi connectivity index (χ1) is 18.9. The summed E-state index contributed by atoms with van der Waals surface area (Å²) in [4.78, 5) is 16.4. The number of ketones is 1. The van der Waals surface area contributed by atoms with E-state index in [1.54, 1.807) is 19.1 Å². The van der Waals surface area contributed by atoms with E-state index in [4.69, 9.17) is 19.0 Å². The summed E-state index contributed by atoms with van der Waals surface area (Å²) in [6.07, 6.45) is 0.481. The van der Waals surface area contributed by atoms with Crippen molar-refractivity contribution in [3.05, 3.63) is 83.4 Å². The number of halogens is 1. The lowest BCUT2D eigenvalue weighted by Gasteiger charge is -2.15. The van der Waals surface area contributed by atoms with Crippen LogP contribution in [0.3, 0.4) is 0 Å². The number of benzene rings is 3. The lowest BCUT2D eigenvalue weighted by molar-refractivity contribution is -0.117. The average Bonchev–Trinajstić information content (AvgIpc) is 3.69. The molecule has 39 heavy (non-hydrogen) atoms. The number of anilines is 1. The Labute approximate surface area is 223 Å². The lowest BCUT2D eigenvalue weighted by Crippen LogP contribution is -2.11. The number of Topliss-reactive ketones (excluding diaryl/α,β-unsaturated/α-hetero) is 1. The second-order valence-corrected chi connectivity index (χ2v) is 10.1. The third-order valence-corrected chi connectivity index (χ3v) is 7.28. The van der Waals surface area contributed by atoms with E-state index in [1.165, 1.54) is 12.1 Å². The number of nitrogens with zero attached hydrogens (tertiary/aromatic N) is 3. The van der Waals surface area contributed by atoms with Gasteiger partial charge in [0.2, 0.25) is 0 Å². The summed E-state index contributed by atoms with van der Waals surface area (Å²) in [6, 6.07) is 18.1. The zero-order valence-corrected chi connectivity index (χ0v) is 21.4. The SMILES string of the molecule is CC(=O)CC1COc2cc(NC3COc4c3cccc4-n3c(-c4cc(C)on4)nc4ccc(F)cc43)ccc21. The largest absolute Gasteiger partial charge is 0.493 e. The van der Waals surface area contributed by atoms with E-state index in [0.29, 0.717) is 53.7 Å². The third-order valence-electron chi connectivity index (χ3n) is 7.28. The van der Waals surface area contributed by atoms with Crippen LogP contribution in [-0.2, 0) is 4.79 Å². The topological polar surface area (TPSA) is 91.4 Å². The van der Waals surface area contributed by atoms with Crippen molar-refractivity contribution in [1.82, 2.24) is 14.7 Å². The van der Waals surface area contributed by atoms with Crippen molar-refractivity contribution in [3.8, 4) is 28.7 Å². The second-order valence-electron chi connectivity index (χ2n) is 10.1. The van der Waals surface area contributed by atoms with Crippen LogP contribution in [0.2, 0.25) is 0 Å². The maximum atomic E-state index is 14.4. The van der Waals surface area contributed by atoms with Crippen LogP contribution < -0.4 is 14.8 Å².